The van der Waals surface area contributed by atoms with E-state index in [-0.39, 0.29) is 5.88 Å². The molecule has 0 saturated heterocycles. The first-order valence-corrected chi connectivity index (χ1v) is 5.96. The van der Waals surface area contributed by atoms with Gasteiger partial charge < -0.3 is 14.7 Å². The first-order chi connectivity index (χ1) is 9.15. The van der Waals surface area contributed by atoms with Crippen molar-refractivity contribution >= 4 is 16.8 Å². The van der Waals surface area contributed by atoms with Crippen LogP contribution in [0.5, 0.6) is 0 Å². The molecular formula is C15H13N3O. The third-order valence-corrected chi connectivity index (χ3v) is 3.60. The van der Waals surface area contributed by atoms with E-state index in [2.05, 4.69) is 16.7 Å². The zero-order chi connectivity index (χ0) is 13.6. The molecule has 4 nitrogen and oxygen atoms in total. The minimum atomic E-state index is 0.171. The zero-order valence-electron chi connectivity index (χ0n) is 10.8. The summed E-state index contributed by atoms with van der Waals surface area (Å²) in [6.07, 6.45) is 1.56. The lowest BCUT2D eigenvalue weighted by Crippen LogP contribution is -1.91. The summed E-state index contributed by atoms with van der Waals surface area (Å²) in [5.41, 5.74) is 10.1. The summed E-state index contributed by atoms with van der Waals surface area (Å²) in [6.45, 7) is 2.03. The van der Waals surface area contributed by atoms with Gasteiger partial charge in [0.2, 0.25) is 5.88 Å². The number of para-hydroxylation sites is 1. The van der Waals surface area contributed by atoms with Gasteiger partial charge in [-0.1, -0.05) is 18.2 Å². The van der Waals surface area contributed by atoms with Crippen LogP contribution in [0.25, 0.3) is 22.0 Å². The number of nitrogens with zero attached hydrogens (tertiary/aromatic N) is 2. The maximum atomic E-state index is 9.22. The second-order valence-electron chi connectivity index (χ2n) is 4.54. The van der Waals surface area contributed by atoms with Gasteiger partial charge in [-0.25, -0.2) is 0 Å². The van der Waals surface area contributed by atoms with Gasteiger partial charge in [-0.2, -0.15) is 5.26 Å². The molecule has 2 heterocycles. The molecule has 0 aliphatic heterocycles. The first-order valence-electron chi connectivity index (χ1n) is 5.96. The molecule has 0 aliphatic carbocycles. The number of nitriles is 1. The Hall–Kier alpha value is -2.67. The number of fused-ring (bicyclic) bond motifs is 1. The molecule has 0 fully saturated rings. The second-order valence-corrected chi connectivity index (χ2v) is 4.54. The number of anilines is 1. The van der Waals surface area contributed by atoms with E-state index in [1.807, 2.05) is 32.2 Å². The van der Waals surface area contributed by atoms with E-state index in [0.717, 1.165) is 27.7 Å². The van der Waals surface area contributed by atoms with E-state index in [4.69, 9.17) is 10.2 Å². The Morgan fingerprint density at radius 1 is 1.32 bits per heavy atom. The van der Waals surface area contributed by atoms with Crippen LogP contribution in [0, 0.1) is 18.3 Å². The van der Waals surface area contributed by atoms with Gasteiger partial charge in [0.15, 0.2) is 0 Å². The molecule has 0 saturated carbocycles. The Bertz CT molecular complexity index is 818. The fraction of sp³-hybridized carbons (Fsp3) is 0.133. The Labute approximate surface area is 110 Å². The van der Waals surface area contributed by atoms with Gasteiger partial charge in [0.05, 0.1) is 0 Å². The van der Waals surface area contributed by atoms with Crippen molar-refractivity contribution in [2.24, 2.45) is 7.05 Å². The lowest BCUT2D eigenvalue weighted by Gasteiger charge is -2.00. The van der Waals surface area contributed by atoms with Crippen molar-refractivity contribution in [1.29, 1.82) is 5.26 Å². The molecule has 2 aromatic heterocycles. The minimum absolute atomic E-state index is 0.171. The number of rotatable bonds is 1. The van der Waals surface area contributed by atoms with Crippen LogP contribution in [0.3, 0.4) is 0 Å². The first kappa shape index (κ1) is 11.4. The van der Waals surface area contributed by atoms with Crippen molar-refractivity contribution in [2.75, 3.05) is 5.73 Å². The molecule has 0 spiro atoms. The smallest absolute Gasteiger partial charge is 0.208 e. The van der Waals surface area contributed by atoms with Crippen molar-refractivity contribution in [1.82, 2.24) is 4.57 Å². The van der Waals surface area contributed by atoms with Crippen LogP contribution in [0.15, 0.2) is 34.9 Å². The summed E-state index contributed by atoms with van der Waals surface area (Å²) < 4.78 is 7.31. The number of hydrogen-bond acceptors (Lipinski definition) is 3. The Balaban J connectivity index is 2.44. The fourth-order valence-corrected chi connectivity index (χ4v) is 2.53. The molecule has 3 rings (SSSR count). The minimum Gasteiger partial charge on any atom is -0.447 e. The van der Waals surface area contributed by atoms with E-state index >= 15 is 0 Å². The highest BCUT2D eigenvalue weighted by Gasteiger charge is 2.19. The highest BCUT2D eigenvalue weighted by molar-refractivity contribution is 5.99. The molecule has 0 aliphatic rings. The molecule has 19 heavy (non-hydrogen) atoms. The van der Waals surface area contributed by atoms with E-state index in [0.29, 0.717) is 5.56 Å². The van der Waals surface area contributed by atoms with Gasteiger partial charge >= 0.3 is 0 Å². The Kier molecular flexibility index (Phi) is 2.36. The van der Waals surface area contributed by atoms with Crippen LogP contribution in [0.4, 0.5) is 5.88 Å². The lowest BCUT2D eigenvalue weighted by atomic mass is 10.0. The highest BCUT2D eigenvalue weighted by Crippen LogP contribution is 2.38. The molecule has 1 aromatic carbocycles. The normalized spacial score (nSPS) is 10.8. The standard InChI is InChI=1S/C15H13N3O/c1-9-14(12-8-19-15(17)11(12)7-16)10-5-3-4-6-13(10)18(9)2/h3-6,8H,17H2,1-2H3. The summed E-state index contributed by atoms with van der Waals surface area (Å²) in [7, 11) is 2.01. The number of hydrogen-bond donors (Lipinski definition) is 1. The van der Waals surface area contributed by atoms with Crippen LogP contribution in [-0.4, -0.2) is 4.57 Å². The summed E-state index contributed by atoms with van der Waals surface area (Å²) in [6, 6.07) is 10.2. The van der Waals surface area contributed by atoms with Crippen LogP contribution in [0.1, 0.15) is 11.3 Å². The Morgan fingerprint density at radius 2 is 2.05 bits per heavy atom. The maximum absolute atomic E-state index is 9.22. The van der Waals surface area contributed by atoms with E-state index in [1.54, 1.807) is 6.26 Å². The summed E-state index contributed by atoms with van der Waals surface area (Å²) in [5, 5.41) is 10.3. The molecule has 94 valence electrons. The van der Waals surface area contributed by atoms with Crippen LogP contribution < -0.4 is 5.73 Å². The third kappa shape index (κ3) is 1.45. The molecular weight excluding hydrogens is 238 g/mol. The largest absolute Gasteiger partial charge is 0.447 e. The number of furan rings is 1. The number of nitrogens with two attached hydrogens (primary N) is 1. The summed E-state index contributed by atoms with van der Waals surface area (Å²) >= 11 is 0. The van der Waals surface area contributed by atoms with Gasteiger partial charge in [-0.05, 0) is 13.0 Å². The molecule has 3 aromatic rings. The van der Waals surface area contributed by atoms with Crippen molar-refractivity contribution in [2.45, 2.75) is 6.92 Å². The number of aryl methyl sites for hydroxylation is 1. The van der Waals surface area contributed by atoms with Crippen LogP contribution in [0.2, 0.25) is 0 Å². The van der Waals surface area contributed by atoms with Crippen molar-refractivity contribution < 1.29 is 4.42 Å². The average molecular weight is 251 g/mol. The zero-order valence-corrected chi connectivity index (χ0v) is 10.8. The Morgan fingerprint density at radius 3 is 2.79 bits per heavy atom. The highest BCUT2D eigenvalue weighted by atomic mass is 16.3. The molecule has 2 N–H and O–H groups in total. The topological polar surface area (TPSA) is 67.9 Å². The van der Waals surface area contributed by atoms with Crippen LogP contribution in [-0.2, 0) is 7.05 Å². The summed E-state index contributed by atoms with van der Waals surface area (Å²) in [5.74, 6) is 0.171. The van der Waals surface area contributed by atoms with Gasteiger partial charge in [-0.15, -0.1) is 0 Å². The SMILES string of the molecule is Cc1c(-c2coc(N)c2C#N)c2ccccc2n1C. The molecule has 4 heteroatoms. The lowest BCUT2D eigenvalue weighted by molar-refractivity contribution is 0.588. The molecule has 0 radical (unpaired) electrons. The maximum Gasteiger partial charge on any atom is 0.208 e. The van der Waals surface area contributed by atoms with Gasteiger partial charge in [0.25, 0.3) is 0 Å². The van der Waals surface area contributed by atoms with Gasteiger partial charge in [0, 0.05) is 34.8 Å². The number of benzene rings is 1. The molecule has 0 atom stereocenters. The van der Waals surface area contributed by atoms with Gasteiger partial charge in [0.1, 0.15) is 17.9 Å². The number of nitrogen functional groups attached to an aromatic ring is 1. The monoisotopic (exact) mass is 251 g/mol. The predicted octanol–water partition coefficient (Wildman–Crippen LogP) is 3.20. The summed E-state index contributed by atoms with van der Waals surface area (Å²) in [4.78, 5) is 0. The number of aromatic nitrogens is 1. The van der Waals surface area contributed by atoms with Gasteiger partial charge in [-0.3, -0.25) is 0 Å². The van der Waals surface area contributed by atoms with Crippen molar-refractivity contribution in [3.05, 3.63) is 41.8 Å². The van der Waals surface area contributed by atoms with E-state index in [1.165, 1.54) is 0 Å². The fourth-order valence-electron chi connectivity index (χ4n) is 2.53. The predicted molar refractivity (Wildman–Crippen MR) is 74.5 cm³/mol. The van der Waals surface area contributed by atoms with E-state index in [9.17, 15) is 5.26 Å². The van der Waals surface area contributed by atoms with Crippen LogP contribution >= 0.6 is 0 Å². The van der Waals surface area contributed by atoms with E-state index < -0.39 is 0 Å². The quantitative estimate of drug-likeness (QED) is 0.722. The average Bonchev–Trinajstić information content (AvgIpc) is 2.90. The third-order valence-electron chi connectivity index (χ3n) is 3.60. The van der Waals surface area contributed by atoms with Crippen molar-refractivity contribution in [3.63, 3.8) is 0 Å². The molecule has 0 unspecified atom stereocenters. The molecule has 0 bridgehead atoms. The van der Waals surface area contributed by atoms with Crippen molar-refractivity contribution in [3.8, 4) is 17.2 Å². The second kappa shape index (κ2) is 3.92. The molecule has 0 amide bonds.